The summed E-state index contributed by atoms with van der Waals surface area (Å²) in [5, 5.41) is 0. The van der Waals surface area contributed by atoms with E-state index in [9.17, 15) is 9.18 Å². The lowest BCUT2D eigenvalue weighted by molar-refractivity contribution is 0.0997. The van der Waals surface area contributed by atoms with E-state index in [1.54, 1.807) is 24.3 Å². The van der Waals surface area contributed by atoms with Crippen molar-refractivity contribution in [1.82, 2.24) is 4.57 Å². The van der Waals surface area contributed by atoms with Crippen LogP contribution in [0.4, 0.5) is 4.39 Å². The quantitative estimate of drug-likeness (QED) is 0.609. The monoisotopic (exact) mass is 404 g/mol. The van der Waals surface area contributed by atoms with E-state index in [0.717, 1.165) is 16.1 Å². The summed E-state index contributed by atoms with van der Waals surface area (Å²) < 4.78 is 15.7. The molecule has 0 saturated heterocycles. The maximum atomic E-state index is 13.1. The average molecular weight is 405 g/mol. The molecule has 122 valence electrons. The van der Waals surface area contributed by atoms with Gasteiger partial charge in [-0.25, -0.2) is 4.39 Å². The molecular formula is C18H14BrFN2OS. The van der Waals surface area contributed by atoms with Gasteiger partial charge in [0.2, 0.25) is 0 Å². The fourth-order valence-corrected chi connectivity index (χ4v) is 3.91. The maximum Gasteiger partial charge on any atom is 0.280 e. The van der Waals surface area contributed by atoms with Gasteiger partial charge in [-0.1, -0.05) is 12.1 Å². The Morgan fingerprint density at radius 1 is 1.17 bits per heavy atom. The zero-order valence-electron chi connectivity index (χ0n) is 13.1. The molecule has 3 aromatic rings. The van der Waals surface area contributed by atoms with Crippen LogP contribution in [0.5, 0.6) is 0 Å². The van der Waals surface area contributed by atoms with Crippen molar-refractivity contribution >= 4 is 33.2 Å². The smallest absolute Gasteiger partial charge is 0.280 e. The van der Waals surface area contributed by atoms with Crippen LogP contribution in [-0.4, -0.2) is 10.5 Å². The number of aromatic nitrogens is 1. The number of halogens is 2. The molecule has 0 aliphatic rings. The molecule has 0 saturated carbocycles. The number of rotatable bonds is 2. The second-order valence-corrected chi connectivity index (χ2v) is 7.29. The second-order valence-electron chi connectivity index (χ2n) is 5.25. The highest BCUT2D eigenvalue weighted by atomic mass is 79.9. The number of carbonyl (C=O) groups excluding carboxylic acids is 1. The van der Waals surface area contributed by atoms with Crippen LogP contribution < -0.4 is 4.80 Å². The fourth-order valence-electron chi connectivity index (χ4n) is 2.47. The van der Waals surface area contributed by atoms with Crippen molar-refractivity contribution in [2.24, 2.45) is 12.0 Å². The van der Waals surface area contributed by atoms with E-state index < -0.39 is 0 Å². The Hall–Kier alpha value is -2.05. The summed E-state index contributed by atoms with van der Waals surface area (Å²) in [7, 11) is 1.86. The molecule has 0 unspecified atom stereocenters. The Balaban J connectivity index is 2.07. The minimum absolute atomic E-state index is 0.275. The molecule has 0 fully saturated rings. The van der Waals surface area contributed by atoms with Crippen molar-refractivity contribution in [3.8, 4) is 11.3 Å². The van der Waals surface area contributed by atoms with Crippen LogP contribution in [0.25, 0.3) is 11.3 Å². The van der Waals surface area contributed by atoms with E-state index in [-0.39, 0.29) is 11.7 Å². The summed E-state index contributed by atoms with van der Waals surface area (Å²) in [5.74, 6) is -0.576. The standard InChI is InChI=1S/C18H14BrFN2OS/c1-11-16(12-7-9-13(20)10-8-12)22(2)18(24-11)21-17(23)14-5-3-4-6-15(14)19/h3-10H,1-2H3. The summed E-state index contributed by atoms with van der Waals surface area (Å²) in [6.07, 6.45) is 0. The molecule has 0 atom stereocenters. The number of nitrogens with zero attached hydrogens (tertiary/aromatic N) is 2. The Morgan fingerprint density at radius 2 is 1.83 bits per heavy atom. The van der Waals surface area contributed by atoms with E-state index in [4.69, 9.17) is 0 Å². The third kappa shape index (κ3) is 3.25. The lowest BCUT2D eigenvalue weighted by Gasteiger charge is -2.04. The van der Waals surface area contributed by atoms with Gasteiger partial charge in [-0.2, -0.15) is 4.99 Å². The molecule has 0 N–H and O–H groups in total. The molecule has 0 radical (unpaired) electrons. The third-order valence-electron chi connectivity index (χ3n) is 3.62. The van der Waals surface area contributed by atoms with Crippen LogP contribution in [-0.2, 0) is 7.05 Å². The van der Waals surface area contributed by atoms with Gasteiger partial charge in [0.1, 0.15) is 5.82 Å². The van der Waals surface area contributed by atoms with Crippen LogP contribution in [0.15, 0.2) is 58.0 Å². The van der Waals surface area contributed by atoms with Crippen LogP contribution in [0, 0.1) is 12.7 Å². The molecule has 1 heterocycles. The zero-order valence-corrected chi connectivity index (χ0v) is 15.5. The predicted molar refractivity (Wildman–Crippen MR) is 97.5 cm³/mol. The van der Waals surface area contributed by atoms with Gasteiger partial charge >= 0.3 is 0 Å². The van der Waals surface area contributed by atoms with Crippen LogP contribution in [0.1, 0.15) is 15.2 Å². The first-order valence-corrected chi connectivity index (χ1v) is 8.84. The summed E-state index contributed by atoms with van der Waals surface area (Å²) in [6.45, 7) is 1.96. The van der Waals surface area contributed by atoms with Crippen LogP contribution >= 0.6 is 27.3 Å². The van der Waals surface area contributed by atoms with E-state index in [1.807, 2.05) is 30.7 Å². The Kier molecular flexibility index (Phi) is 4.78. The molecule has 24 heavy (non-hydrogen) atoms. The van der Waals surface area contributed by atoms with Gasteiger partial charge in [0.15, 0.2) is 4.80 Å². The number of hydrogen-bond acceptors (Lipinski definition) is 2. The Bertz CT molecular complexity index is 973. The van der Waals surface area contributed by atoms with Crippen molar-refractivity contribution in [1.29, 1.82) is 0 Å². The summed E-state index contributed by atoms with van der Waals surface area (Å²) >= 11 is 4.81. The zero-order chi connectivity index (χ0) is 17.3. The van der Waals surface area contributed by atoms with Crippen LogP contribution in [0.2, 0.25) is 0 Å². The first kappa shape index (κ1) is 16.8. The lowest BCUT2D eigenvalue weighted by Crippen LogP contribution is -2.14. The van der Waals surface area contributed by atoms with Gasteiger partial charge in [-0.05, 0) is 64.8 Å². The average Bonchev–Trinajstić information content (AvgIpc) is 2.83. The molecule has 3 nitrogen and oxygen atoms in total. The highest BCUT2D eigenvalue weighted by Crippen LogP contribution is 2.25. The normalized spacial score (nSPS) is 11.8. The molecule has 0 spiro atoms. The molecule has 1 amide bonds. The van der Waals surface area contributed by atoms with Crippen molar-refractivity contribution < 1.29 is 9.18 Å². The highest BCUT2D eigenvalue weighted by molar-refractivity contribution is 9.10. The number of hydrogen-bond donors (Lipinski definition) is 0. The number of thiazole rings is 1. The first-order chi connectivity index (χ1) is 11.5. The van der Waals surface area contributed by atoms with Gasteiger partial charge in [-0.15, -0.1) is 11.3 Å². The molecule has 2 aromatic carbocycles. The second kappa shape index (κ2) is 6.83. The van der Waals surface area contributed by atoms with E-state index in [0.29, 0.717) is 14.8 Å². The third-order valence-corrected chi connectivity index (χ3v) is 5.36. The largest absolute Gasteiger partial charge is 0.319 e. The topological polar surface area (TPSA) is 34.4 Å². The Labute approximate surface area is 151 Å². The SMILES string of the molecule is Cc1sc(=NC(=O)c2ccccc2Br)n(C)c1-c1ccc(F)cc1. The molecule has 0 aliphatic heterocycles. The molecule has 3 rings (SSSR count). The summed E-state index contributed by atoms with van der Waals surface area (Å²) in [6, 6.07) is 13.5. The van der Waals surface area contributed by atoms with E-state index in [1.165, 1.54) is 23.5 Å². The highest BCUT2D eigenvalue weighted by Gasteiger charge is 2.13. The van der Waals surface area contributed by atoms with Gasteiger partial charge in [0.25, 0.3) is 5.91 Å². The fraction of sp³-hybridized carbons (Fsp3) is 0.111. The number of amides is 1. The molecule has 1 aromatic heterocycles. The van der Waals surface area contributed by atoms with Gasteiger partial charge in [-0.3, -0.25) is 4.79 Å². The van der Waals surface area contributed by atoms with Crippen molar-refractivity contribution in [3.05, 3.63) is 74.1 Å². The molecular weight excluding hydrogens is 391 g/mol. The molecule has 6 heteroatoms. The van der Waals surface area contributed by atoms with Crippen molar-refractivity contribution in [3.63, 3.8) is 0 Å². The minimum Gasteiger partial charge on any atom is -0.319 e. The maximum absolute atomic E-state index is 13.1. The van der Waals surface area contributed by atoms with E-state index in [2.05, 4.69) is 20.9 Å². The number of benzene rings is 2. The van der Waals surface area contributed by atoms with Gasteiger partial charge < -0.3 is 4.57 Å². The summed E-state index contributed by atoms with van der Waals surface area (Å²) in [4.78, 5) is 18.3. The van der Waals surface area contributed by atoms with Crippen LogP contribution in [0.3, 0.4) is 0 Å². The van der Waals surface area contributed by atoms with Crippen molar-refractivity contribution in [2.45, 2.75) is 6.92 Å². The Morgan fingerprint density at radius 3 is 2.50 bits per heavy atom. The summed E-state index contributed by atoms with van der Waals surface area (Å²) in [5.41, 5.74) is 2.34. The molecule has 0 bridgehead atoms. The number of carbonyl (C=O) groups is 1. The minimum atomic E-state index is -0.301. The lowest BCUT2D eigenvalue weighted by atomic mass is 10.1. The van der Waals surface area contributed by atoms with Gasteiger partial charge in [0, 0.05) is 16.4 Å². The van der Waals surface area contributed by atoms with Gasteiger partial charge in [0.05, 0.1) is 11.3 Å². The van der Waals surface area contributed by atoms with E-state index >= 15 is 0 Å². The number of aryl methyl sites for hydroxylation is 1. The first-order valence-electron chi connectivity index (χ1n) is 7.23. The van der Waals surface area contributed by atoms with Crippen molar-refractivity contribution in [2.75, 3.05) is 0 Å². The molecule has 0 aliphatic carbocycles. The predicted octanol–water partition coefficient (Wildman–Crippen LogP) is 4.70.